The number of rotatable bonds is 5. The summed E-state index contributed by atoms with van der Waals surface area (Å²) in [5, 5.41) is 3.32. The molecule has 31 heavy (non-hydrogen) atoms. The zero-order valence-electron chi connectivity index (χ0n) is 16.9. The molecule has 1 aliphatic heterocycles. The summed E-state index contributed by atoms with van der Waals surface area (Å²) in [7, 11) is 0. The molecule has 0 radical (unpaired) electrons. The molecule has 2 aromatic heterocycles. The van der Waals surface area contributed by atoms with E-state index in [0.717, 1.165) is 12.1 Å². The lowest BCUT2D eigenvalue weighted by Crippen LogP contribution is -2.56. The lowest BCUT2D eigenvalue weighted by molar-refractivity contribution is 0.0528. The van der Waals surface area contributed by atoms with Crippen molar-refractivity contribution in [1.82, 2.24) is 20.2 Å². The number of nitrogens with one attached hydrogen (secondary N) is 1. The van der Waals surface area contributed by atoms with Crippen LogP contribution in [-0.2, 0) is 0 Å². The minimum absolute atomic E-state index is 0. The maximum absolute atomic E-state index is 13.2. The number of pyridine rings is 1. The number of amides is 1. The lowest BCUT2D eigenvalue weighted by atomic mass is 10.2. The zero-order valence-corrected chi connectivity index (χ0v) is 19.3. The van der Waals surface area contributed by atoms with Crippen molar-refractivity contribution in [3.05, 3.63) is 66.3 Å². The van der Waals surface area contributed by atoms with Crippen molar-refractivity contribution in [1.29, 1.82) is 0 Å². The summed E-state index contributed by atoms with van der Waals surface area (Å²) in [5.74, 6) is 1.27. The second-order valence-corrected chi connectivity index (χ2v) is 6.66. The van der Waals surface area contributed by atoms with Crippen molar-refractivity contribution < 1.29 is 13.9 Å². The van der Waals surface area contributed by atoms with Crippen molar-refractivity contribution in [2.24, 2.45) is 0 Å². The molecule has 7 nitrogen and oxygen atoms in total. The molecule has 4 rings (SSSR count). The van der Waals surface area contributed by atoms with Gasteiger partial charge in [-0.25, -0.2) is 4.98 Å². The second-order valence-electron chi connectivity index (χ2n) is 6.66. The molecule has 1 N–H and O–H groups in total. The summed E-state index contributed by atoms with van der Waals surface area (Å²) in [6, 6.07) is 13.1. The maximum Gasteiger partial charge on any atom is 0.292 e. The SMILES string of the molecule is Cc1nc(-c2ccccc2)oc1C(=O)N1CCNCC1COc1cccnc1.Cl.Cl.Cl. The summed E-state index contributed by atoms with van der Waals surface area (Å²) in [5.41, 5.74) is 1.44. The first kappa shape index (κ1) is 26.7. The van der Waals surface area contributed by atoms with Gasteiger partial charge in [0.05, 0.1) is 17.9 Å². The number of hydrogen-bond donors (Lipinski definition) is 1. The zero-order chi connectivity index (χ0) is 19.3. The number of halogens is 3. The standard InChI is InChI=1S/C21H22N4O3.3ClH/c1-15-19(28-20(24-15)16-6-3-2-4-7-16)21(26)25-11-10-23-12-17(25)14-27-18-8-5-9-22-13-18;;;/h2-9,13,17,23H,10-12,14H2,1H3;3*1H. The third-order valence-corrected chi connectivity index (χ3v) is 4.70. The van der Waals surface area contributed by atoms with E-state index in [0.29, 0.717) is 37.0 Å². The molecule has 1 saturated heterocycles. The van der Waals surface area contributed by atoms with Crippen LogP contribution in [0.15, 0.2) is 59.3 Å². The van der Waals surface area contributed by atoms with Gasteiger partial charge in [0.15, 0.2) is 0 Å². The van der Waals surface area contributed by atoms with E-state index in [-0.39, 0.29) is 54.9 Å². The molecule has 1 aliphatic rings. The number of carbonyl (C=O) groups excluding carboxylic acids is 1. The van der Waals surface area contributed by atoms with Gasteiger partial charge in [0, 0.05) is 31.4 Å². The smallest absolute Gasteiger partial charge is 0.292 e. The first-order valence-electron chi connectivity index (χ1n) is 9.30. The van der Waals surface area contributed by atoms with Gasteiger partial charge in [-0.2, -0.15) is 0 Å². The Bertz CT molecular complexity index is 942. The first-order chi connectivity index (χ1) is 13.7. The molecule has 10 heteroatoms. The average Bonchev–Trinajstić information content (AvgIpc) is 3.15. The predicted molar refractivity (Wildman–Crippen MR) is 126 cm³/mol. The monoisotopic (exact) mass is 486 g/mol. The van der Waals surface area contributed by atoms with E-state index in [1.165, 1.54) is 0 Å². The number of ether oxygens (including phenoxy) is 1. The molecule has 0 spiro atoms. The molecule has 1 amide bonds. The van der Waals surface area contributed by atoms with Gasteiger partial charge in [-0.05, 0) is 31.2 Å². The number of benzene rings is 1. The highest BCUT2D eigenvalue weighted by Gasteiger charge is 2.31. The van der Waals surface area contributed by atoms with E-state index in [1.54, 1.807) is 24.2 Å². The fourth-order valence-electron chi connectivity index (χ4n) is 3.23. The van der Waals surface area contributed by atoms with Gasteiger partial charge in [-0.1, -0.05) is 18.2 Å². The topological polar surface area (TPSA) is 80.5 Å². The Morgan fingerprint density at radius 2 is 1.97 bits per heavy atom. The van der Waals surface area contributed by atoms with E-state index in [1.807, 2.05) is 42.5 Å². The summed E-state index contributed by atoms with van der Waals surface area (Å²) in [4.78, 5) is 23.5. The number of hydrogen-bond acceptors (Lipinski definition) is 6. The number of oxazole rings is 1. The number of aromatic nitrogens is 2. The molecular formula is C21H25Cl3N4O3. The largest absolute Gasteiger partial charge is 0.490 e. The highest BCUT2D eigenvalue weighted by molar-refractivity contribution is 5.93. The minimum Gasteiger partial charge on any atom is -0.490 e. The fraction of sp³-hybridized carbons (Fsp3) is 0.286. The Morgan fingerprint density at radius 3 is 2.68 bits per heavy atom. The summed E-state index contributed by atoms with van der Waals surface area (Å²) >= 11 is 0. The van der Waals surface area contributed by atoms with Crippen LogP contribution in [0.4, 0.5) is 0 Å². The predicted octanol–water partition coefficient (Wildman–Crippen LogP) is 3.80. The molecule has 1 atom stereocenters. The third kappa shape index (κ3) is 6.33. The Balaban J connectivity index is 0.00000160. The molecule has 168 valence electrons. The summed E-state index contributed by atoms with van der Waals surface area (Å²) < 4.78 is 11.7. The summed E-state index contributed by atoms with van der Waals surface area (Å²) in [6.07, 6.45) is 3.36. The van der Waals surface area contributed by atoms with Crippen LogP contribution < -0.4 is 10.1 Å². The van der Waals surface area contributed by atoms with Crippen molar-refractivity contribution in [2.75, 3.05) is 26.2 Å². The van der Waals surface area contributed by atoms with E-state index in [4.69, 9.17) is 9.15 Å². The Morgan fingerprint density at radius 1 is 1.19 bits per heavy atom. The molecule has 0 aliphatic carbocycles. The molecule has 1 aromatic carbocycles. The highest BCUT2D eigenvalue weighted by atomic mass is 35.5. The maximum atomic E-state index is 13.2. The lowest BCUT2D eigenvalue weighted by Gasteiger charge is -2.35. The Kier molecular flexibility index (Phi) is 10.8. The van der Waals surface area contributed by atoms with Crippen molar-refractivity contribution in [2.45, 2.75) is 13.0 Å². The van der Waals surface area contributed by atoms with Gasteiger partial charge in [0.25, 0.3) is 5.91 Å². The first-order valence-corrected chi connectivity index (χ1v) is 9.30. The second kappa shape index (κ2) is 12.5. The van der Waals surface area contributed by atoms with Gasteiger partial charge in [0.1, 0.15) is 12.4 Å². The van der Waals surface area contributed by atoms with Gasteiger partial charge in [-0.3, -0.25) is 9.78 Å². The molecule has 0 saturated carbocycles. The van der Waals surface area contributed by atoms with E-state index < -0.39 is 0 Å². The van der Waals surface area contributed by atoms with Crippen LogP contribution >= 0.6 is 37.2 Å². The normalized spacial score (nSPS) is 15.1. The van der Waals surface area contributed by atoms with Crippen molar-refractivity contribution in [3.8, 4) is 17.2 Å². The van der Waals surface area contributed by atoms with E-state index in [2.05, 4.69) is 15.3 Å². The van der Waals surface area contributed by atoms with E-state index >= 15 is 0 Å². The number of aryl methyl sites for hydroxylation is 1. The summed E-state index contributed by atoms with van der Waals surface area (Å²) in [6.45, 7) is 4.15. The van der Waals surface area contributed by atoms with Crippen LogP contribution in [0.2, 0.25) is 0 Å². The quantitative estimate of drug-likeness (QED) is 0.589. The average molecular weight is 488 g/mol. The minimum atomic E-state index is -0.159. The Labute approximate surface area is 199 Å². The Hall–Kier alpha value is -2.32. The molecule has 1 fully saturated rings. The van der Waals surface area contributed by atoms with E-state index in [9.17, 15) is 4.79 Å². The number of nitrogens with zero attached hydrogens (tertiary/aromatic N) is 3. The van der Waals surface area contributed by atoms with Gasteiger partial charge >= 0.3 is 0 Å². The number of piperazine rings is 1. The number of carbonyl (C=O) groups is 1. The molecule has 0 bridgehead atoms. The van der Waals surface area contributed by atoms with Crippen LogP contribution in [0.1, 0.15) is 16.2 Å². The van der Waals surface area contributed by atoms with Crippen molar-refractivity contribution >= 4 is 43.1 Å². The molecular weight excluding hydrogens is 463 g/mol. The molecule has 3 heterocycles. The molecule has 1 unspecified atom stereocenters. The van der Waals surface area contributed by atoms with Crippen molar-refractivity contribution in [3.63, 3.8) is 0 Å². The van der Waals surface area contributed by atoms with Crippen LogP contribution in [0.25, 0.3) is 11.5 Å². The van der Waals surface area contributed by atoms with Gasteiger partial charge < -0.3 is 19.4 Å². The fourth-order valence-corrected chi connectivity index (χ4v) is 3.23. The van der Waals surface area contributed by atoms with Crippen LogP contribution in [0.5, 0.6) is 5.75 Å². The highest BCUT2D eigenvalue weighted by Crippen LogP contribution is 2.23. The van der Waals surface area contributed by atoms with Gasteiger partial charge in [-0.15, -0.1) is 37.2 Å². The van der Waals surface area contributed by atoms with Crippen LogP contribution in [-0.4, -0.2) is 53.1 Å². The van der Waals surface area contributed by atoms with Crippen LogP contribution in [0.3, 0.4) is 0 Å². The third-order valence-electron chi connectivity index (χ3n) is 4.70. The van der Waals surface area contributed by atoms with Gasteiger partial charge in [0.2, 0.25) is 11.7 Å². The van der Waals surface area contributed by atoms with Crippen LogP contribution in [0, 0.1) is 6.92 Å². The molecule has 3 aromatic rings.